The van der Waals surface area contributed by atoms with Crippen LogP contribution in [0.5, 0.6) is 11.5 Å². The molecule has 2 aromatic carbocycles. The lowest BCUT2D eigenvalue weighted by molar-refractivity contribution is -0.118. The van der Waals surface area contributed by atoms with Crippen LogP contribution in [0.2, 0.25) is 0 Å². The number of anilines is 2. The molecule has 136 valence electrons. The molecule has 0 aliphatic carbocycles. The molecule has 0 atom stereocenters. The Labute approximate surface area is 152 Å². The third-order valence-corrected chi connectivity index (χ3v) is 4.04. The van der Waals surface area contributed by atoms with E-state index in [0.717, 1.165) is 24.4 Å². The van der Waals surface area contributed by atoms with E-state index in [1.807, 2.05) is 19.1 Å². The van der Waals surface area contributed by atoms with Crippen LogP contribution in [0.1, 0.15) is 19.8 Å². The molecule has 0 aromatic heterocycles. The molecule has 1 N–H and O–H groups in total. The molecule has 3 rings (SSSR count). The summed E-state index contributed by atoms with van der Waals surface area (Å²) < 4.78 is 10.8. The average Bonchev–Trinajstić information content (AvgIpc) is 3.08. The summed E-state index contributed by atoms with van der Waals surface area (Å²) in [5.74, 6) is 1.27. The number of carbonyl (C=O) groups is 2. The second kappa shape index (κ2) is 8.38. The van der Waals surface area contributed by atoms with Crippen molar-refractivity contribution in [3.8, 4) is 11.5 Å². The van der Waals surface area contributed by atoms with Crippen molar-refractivity contribution in [2.45, 2.75) is 19.8 Å². The van der Waals surface area contributed by atoms with Crippen molar-refractivity contribution in [3.63, 3.8) is 0 Å². The van der Waals surface area contributed by atoms with Crippen molar-refractivity contribution in [2.24, 2.45) is 0 Å². The Morgan fingerprint density at radius 1 is 1.04 bits per heavy atom. The van der Waals surface area contributed by atoms with Crippen LogP contribution in [0.15, 0.2) is 48.5 Å². The third kappa shape index (κ3) is 4.53. The highest BCUT2D eigenvalue weighted by Crippen LogP contribution is 2.23. The highest BCUT2D eigenvalue weighted by molar-refractivity contribution is 5.96. The van der Waals surface area contributed by atoms with Gasteiger partial charge in [-0.2, -0.15) is 0 Å². The Morgan fingerprint density at radius 2 is 1.69 bits per heavy atom. The fraction of sp³-hybridized carbons (Fsp3) is 0.300. The Hall–Kier alpha value is -3.02. The maximum Gasteiger partial charge on any atom is 0.262 e. The number of amides is 2. The lowest BCUT2D eigenvalue weighted by Crippen LogP contribution is -2.23. The first-order valence-corrected chi connectivity index (χ1v) is 8.71. The fourth-order valence-electron chi connectivity index (χ4n) is 2.79. The van der Waals surface area contributed by atoms with Gasteiger partial charge in [0, 0.05) is 24.3 Å². The average molecular weight is 354 g/mol. The molecule has 0 saturated carbocycles. The first-order valence-electron chi connectivity index (χ1n) is 8.71. The van der Waals surface area contributed by atoms with Crippen molar-refractivity contribution in [1.29, 1.82) is 0 Å². The second-order valence-corrected chi connectivity index (χ2v) is 5.94. The van der Waals surface area contributed by atoms with E-state index >= 15 is 0 Å². The van der Waals surface area contributed by atoms with Crippen LogP contribution in [0.4, 0.5) is 11.4 Å². The van der Waals surface area contributed by atoms with Gasteiger partial charge in [-0.05, 0) is 61.9 Å². The van der Waals surface area contributed by atoms with Crippen molar-refractivity contribution in [1.82, 2.24) is 0 Å². The normalized spacial score (nSPS) is 13.6. The van der Waals surface area contributed by atoms with Gasteiger partial charge in [-0.15, -0.1) is 0 Å². The summed E-state index contributed by atoms with van der Waals surface area (Å²) >= 11 is 0. The molecule has 1 aliphatic rings. The van der Waals surface area contributed by atoms with Crippen molar-refractivity contribution in [3.05, 3.63) is 48.5 Å². The predicted molar refractivity (Wildman–Crippen MR) is 99.8 cm³/mol. The van der Waals surface area contributed by atoms with Gasteiger partial charge in [0.05, 0.1) is 6.61 Å². The second-order valence-electron chi connectivity index (χ2n) is 5.94. The van der Waals surface area contributed by atoms with Gasteiger partial charge >= 0.3 is 0 Å². The summed E-state index contributed by atoms with van der Waals surface area (Å²) in [6, 6.07) is 14.4. The van der Waals surface area contributed by atoms with Crippen LogP contribution in [-0.4, -0.2) is 31.6 Å². The summed E-state index contributed by atoms with van der Waals surface area (Å²) in [5.41, 5.74) is 1.52. The molecule has 0 bridgehead atoms. The van der Waals surface area contributed by atoms with E-state index in [4.69, 9.17) is 9.47 Å². The van der Waals surface area contributed by atoms with Crippen LogP contribution in [-0.2, 0) is 9.59 Å². The molecule has 1 heterocycles. The van der Waals surface area contributed by atoms with E-state index in [1.165, 1.54) is 0 Å². The number of nitrogens with zero attached hydrogens (tertiary/aromatic N) is 1. The van der Waals surface area contributed by atoms with Crippen molar-refractivity contribution < 1.29 is 19.1 Å². The molecular weight excluding hydrogens is 332 g/mol. The number of rotatable bonds is 7. The van der Waals surface area contributed by atoms with E-state index in [-0.39, 0.29) is 18.4 Å². The molecule has 1 saturated heterocycles. The molecule has 0 unspecified atom stereocenters. The standard InChI is InChI=1S/C20H22N2O4/c1-2-25-17-9-11-18(12-10-17)26-14-19(23)21-15-5-7-16(8-6-15)22-13-3-4-20(22)24/h5-12H,2-4,13-14H2,1H3,(H,21,23). The summed E-state index contributed by atoms with van der Waals surface area (Å²) in [6.07, 6.45) is 1.49. The zero-order chi connectivity index (χ0) is 18.4. The quantitative estimate of drug-likeness (QED) is 0.829. The van der Waals surface area contributed by atoms with E-state index in [0.29, 0.717) is 24.5 Å². The number of carbonyl (C=O) groups excluding carboxylic acids is 2. The van der Waals surface area contributed by atoms with E-state index < -0.39 is 0 Å². The molecule has 1 aliphatic heterocycles. The molecule has 1 fully saturated rings. The van der Waals surface area contributed by atoms with Gasteiger partial charge in [-0.1, -0.05) is 0 Å². The highest BCUT2D eigenvalue weighted by atomic mass is 16.5. The van der Waals surface area contributed by atoms with Crippen LogP contribution >= 0.6 is 0 Å². The van der Waals surface area contributed by atoms with Gasteiger partial charge in [0.25, 0.3) is 5.91 Å². The summed E-state index contributed by atoms with van der Waals surface area (Å²) in [7, 11) is 0. The summed E-state index contributed by atoms with van der Waals surface area (Å²) in [4.78, 5) is 25.5. The predicted octanol–water partition coefficient (Wildman–Crippen LogP) is 3.23. The Bertz CT molecular complexity index is 756. The smallest absolute Gasteiger partial charge is 0.262 e. The Balaban J connectivity index is 1.49. The zero-order valence-corrected chi connectivity index (χ0v) is 14.7. The van der Waals surface area contributed by atoms with E-state index in [9.17, 15) is 9.59 Å². The minimum Gasteiger partial charge on any atom is -0.494 e. The topological polar surface area (TPSA) is 67.9 Å². The van der Waals surface area contributed by atoms with Crippen molar-refractivity contribution in [2.75, 3.05) is 30.0 Å². The molecule has 6 nitrogen and oxygen atoms in total. The van der Waals surface area contributed by atoms with Crippen molar-refractivity contribution >= 4 is 23.2 Å². The zero-order valence-electron chi connectivity index (χ0n) is 14.7. The highest BCUT2D eigenvalue weighted by Gasteiger charge is 2.21. The number of hydrogen-bond acceptors (Lipinski definition) is 4. The molecule has 6 heteroatoms. The van der Waals surface area contributed by atoms with Gasteiger partial charge in [0.2, 0.25) is 5.91 Å². The van der Waals surface area contributed by atoms with E-state index in [2.05, 4.69) is 5.32 Å². The maximum absolute atomic E-state index is 12.0. The Kier molecular flexibility index (Phi) is 5.73. The largest absolute Gasteiger partial charge is 0.494 e. The number of benzene rings is 2. The van der Waals surface area contributed by atoms with E-state index in [1.54, 1.807) is 41.3 Å². The summed E-state index contributed by atoms with van der Waals surface area (Å²) in [6.45, 7) is 3.19. The maximum atomic E-state index is 12.0. The molecule has 0 spiro atoms. The number of nitrogens with one attached hydrogen (secondary N) is 1. The number of ether oxygens (including phenoxy) is 2. The van der Waals surface area contributed by atoms with Crippen LogP contribution < -0.4 is 19.7 Å². The molecule has 0 radical (unpaired) electrons. The molecule has 2 aromatic rings. The number of hydrogen-bond donors (Lipinski definition) is 1. The minimum absolute atomic E-state index is 0.0830. The minimum atomic E-state index is -0.246. The first kappa shape index (κ1) is 17.8. The molecular formula is C20H22N2O4. The molecule has 26 heavy (non-hydrogen) atoms. The summed E-state index contributed by atoms with van der Waals surface area (Å²) in [5, 5.41) is 2.78. The van der Waals surface area contributed by atoms with Crippen LogP contribution in [0.25, 0.3) is 0 Å². The first-order chi connectivity index (χ1) is 12.7. The Morgan fingerprint density at radius 3 is 2.27 bits per heavy atom. The van der Waals surface area contributed by atoms with Gasteiger partial charge in [-0.25, -0.2) is 0 Å². The monoisotopic (exact) mass is 354 g/mol. The fourth-order valence-corrected chi connectivity index (χ4v) is 2.79. The lowest BCUT2D eigenvalue weighted by atomic mass is 10.2. The molecule has 2 amide bonds. The lowest BCUT2D eigenvalue weighted by Gasteiger charge is -2.16. The van der Waals surface area contributed by atoms with Gasteiger partial charge in [-0.3, -0.25) is 9.59 Å². The third-order valence-electron chi connectivity index (χ3n) is 4.04. The van der Waals surface area contributed by atoms with Gasteiger partial charge < -0.3 is 19.7 Å². The SMILES string of the molecule is CCOc1ccc(OCC(=O)Nc2ccc(N3CCCC3=O)cc2)cc1. The van der Waals surface area contributed by atoms with Gasteiger partial charge in [0.1, 0.15) is 11.5 Å². The van der Waals surface area contributed by atoms with Gasteiger partial charge in [0.15, 0.2) is 6.61 Å². The van der Waals surface area contributed by atoms with Crippen LogP contribution in [0, 0.1) is 0 Å². The van der Waals surface area contributed by atoms with Crippen LogP contribution in [0.3, 0.4) is 0 Å².